The number of carbonyl (C=O) groups excluding carboxylic acids is 1. The average Bonchev–Trinajstić information content (AvgIpc) is 3.30. The van der Waals surface area contributed by atoms with Crippen LogP contribution < -0.4 is 5.32 Å². The number of benzene rings is 2. The molecule has 0 saturated heterocycles. The number of rotatable bonds is 5. The van der Waals surface area contributed by atoms with Gasteiger partial charge in [0.05, 0.1) is 11.9 Å². The number of nitrogens with zero attached hydrogens (tertiary/aromatic N) is 2. The van der Waals surface area contributed by atoms with Crippen molar-refractivity contribution in [2.75, 3.05) is 5.32 Å². The van der Waals surface area contributed by atoms with Crippen LogP contribution in [-0.4, -0.2) is 15.7 Å². The summed E-state index contributed by atoms with van der Waals surface area (Å²) in [5.74, 6) is 0.0467. The van der Waals surface area contributed by atoms with E-state index in [9.17, 15) is 4.79 Å². The van der Waals surface area contributed by atoms with Crippen LogP contribution in [0.25, 0.3) is 5.69 Å². The van der Waals surface area contributed by atoms with Gasteiger partial charge in [-0.05, 0) is 66.6 Å². The highest BCUT2D eigenvalue weighted by Gasteiger charge is 2.12. The second kappa shape index (κ2) is 6.93. The highest BCUT2D eigenvalue weighted by Crippen LogP contribution is 2.25. The number of aryl methyl sites for hydroxylation is 3. The minimum atomic E-state index is 0.0467. The molecule has 1 heterocycles. The van der Waals surface area contributed by atoms with Crippen molar-refractivity contribution in [3.8, 4) is 5.69 Å². The first-order valence-corrected chi connectivity index (χ1v) is 8.78. The highest BCUT2D eigenvalue weighted by molar-refractivity contribution is 5.91. The van der Waals surface area contributed by atoms with Gasteiger partial charge in [-0.1, -0.05) is 24.3 Å². The summed E-state index contributed by atoms with van der Waals surface area (Å²) in [7, 11) is 0. The molecule has 0 unspecified atom stereocenters. The molecule has 4 nitrogen and oxygen atoms in total. The summed E-state index contributed by atoms with van der Waals surface area (Å²) in [4.78, 5) is 12.2. The van der Waals surface area contributed by atoms with E-state index in [2.05, 4.69) is 22.5 Å². The Morgan fingerprint density at radius 2 is 1.92 bits per heavy atom. The smallest absolute Gasteiger partial charge is 0.224 e. The molecule has 0 fully saturated rings. The lowest BCUT2D eigenvalue weighted by Gasteiger charge is -2.07. The number of aromatic nitrogens is 2. The van der Waals surface area contributed by atoms with E-state index in [0.717, 1.165) is 29.8 Å². The predicted octanol–water partition coefficient (Wildman–Crippen LogP) is 3.93. The molecule has 3 aromatic rings. The molecule has 4 rings (SSSR count). The van der Waals surface area contributed by atoms with Gasteiger partial charge in [-0.25, -0.2) is 4.68 Å². The molecule has 0 aliphatic heterocycles. The summed E-state index contributed by atoms with van der Waals surface area (Å²) in [6.07, 6.45) is 8.46. The number of amides is 1. The first-order valence-electron chi connectivity index (χ1n) is 8.78. The number of hydrogen-bond donors (Lipinski definition) is 1. The molecule has 0 spiro atoms. The van der Waals surface area contributed by atoms with Crippen molar-refractivity contribution >= 4 is 11.6 Å². The summed E-state index contributed by atoms with van der Waals surface area (Å²) in [5.41, 5.74) is 5.79. The monoisotopic (exact) mass is 331 g/mol. The first-order chi connectivity index (χ1) is 12.3. The van der Waals surface area contributed by atoms with Gasteiger partial charge in [0.25, 0.3) is 0 Å². The van der Waals surface area contributed by atoms with Gasteiger partial charge in [-0.2, -0.15) is 5.10 Å². The number of para-hydroxylation sites is 1. The van der Waals surface area contributed by atoms with Crippen LogP contribution in [0.5, 0.6) is 0 Å². The van der Waals surface area contributed by atoms with Crippen molar-refractivity contribution in [1.82, 2.24) is 9.78 Å². The van der Waals surface area contributed by atoms with Crippen molar-refractivity contribution in [3.05, 3.63) is 77.6 Å². The van der Waals surface area contributed by atoms with Gasteiger partial charge < -0.3 is 5.32 Å². The van der Waals surface area contributed by atoms with Crippen LogP contribution in [0, 0.1) is 0 Å². The molecule has 25 heavy (non-hydrogen) atoms. The van der Waals surface area contributed by atoms with Gasteiger partial charge in [-0.3, -0.25) is 4.79 Å². The average molecular weight is 331 g/mol. The Kier molecular flexibility index (Phi) is 4.34. The van der Waals surface area contributed by atoms with Crippen LogP contribution in [0.3, 0.4) is 0 Å². The molecule has 1 aromatic heterocycles. The highest BCUT2D eigenvalue weighted by atomic mass is 16.1. The zero-order valence-corrected chi connectivity index (χ0v) is 14.1. The third-order valence-electron chi connectivity index (χ3n) is 4.68. The molecular weight excluding hydrogens is 310 g/mol. The Morgan fingerprint density at radius 1 is 1.08 bits per heavy atom. The Hall–Kier alpha value is -2.88. The lowest BCUT2D eigenvalue weighted by atomic mass is 10.1. The van der Waals surface area contributed by atoms with Crippen molar-refractivity contribution in [3.63, 3.8) is 0 Å². The fourth-order valence-corrected chi connectivity index (χ4v) is 3.34. The SMILES string of the molecule is O=C(CCc1cnn(-c2ccccc2)c1)Nc1ccc2c(c1)CCC2. The summed E-state index contributed by atoms with van der Waals surface area (Å²) in [6, 6.07) is 16.2. The van der Waals surface area contributed by atoms with Crippen LogP contribution in [0.2, 0.25) is 0 Å². The summed E-state index contributed by atoms with van der Waals surface area (Å²) >= 11 is 0. The van der Waals surface area contributed by atoms with E-state index in [4.69, 9.17) is 0 Å². The quantitative estimate of drug-likeness (QED) is 0.770. The van der Waals surface area contributed by atoms with E-state index in [1.807, 2.05) is 53.5 Å². The number of nitrogens with one attached hydrogen (secondary N) is 1. The largest absolute Gasteiger partial charge is 0.326 e. The van der Waals surface area contributed by atoms with E-state index >= 15 is 0 Å². The minimum absolute atomic E-state index is 0.0467. The van der Waals surface area contributed by atoms with Crippen molar-refractivity contribution in [2.45, 2.75) is 32.1 Å². The Balaban J connectivity index is 1.34. The molecule has 0 bridgehead atoms. The Bertz CT molecular complexity index is 883. The molecule has 1 amide bonds. The molecular formula is C21H21N3O. The van der Waals surface area contributed by atoms with Gasteiger partial charge in [0.2, 0.25) is 5.91 Å². The van der Waals surface area contributed by atoms with Crippen LogP contribution in [0.15, 0.2) is 60.9 Å². The maximum Gasteiger partial charge on any atom is 0.224 e. The maximum absolute atomic E-state index is 12.2. The van der Waals surface area contributed by atoms with Crippen LogP contribution in [-0.2, 0) is 24.1 Å². The van der Waals surface area contributed by atoms with Gasteiger partial charge in [0.15, 0.2) is 0 Å². The zero-order valence-electron chi connectivity index (χ0n) is 14.1. The Morgan fingerprint density at radius 3 is 2.80 bits per heavy atom. The molecule has 0 radical (unpaired) electrons. The van der Waals surface area contributed by atoms with E-state index in [1.54, 1.807) is 0 Å². The third-order valence-corrected chi connectivity index (χ3v) is 4.68. The van der Waals surface area contributed by atoms with Gasteiger partial charge >= 0.3 is 0 Å². The predicted molar refractivity (Wildman–Crippen MR) is 99.0 cm³/mol. The summed E-state index contributed by atoms with van der Waals surface area (Å²) in [6.45, 7) is 0. The van der Waals surface area contributed by atoms with Crippen molar-refractivity contribution in [1.29, 1.82) is 0 Å². The molecule has 1 aliphatic carbocycles. The minimum Gasteiger partial charge on any atom is -0.326 e. The number of fused-ring (bicyclic) bond motifs is 1. The van der Waals surface area contributed by atoms with Crippen molar-refractivity contribution < 1.29 is 4.79 Å². The molecule has 0 saturated carbocycles. The second-order valence-corrected chi connectivity index (χ2v) is 6.51. The van der Waals surface area contributed by atoms with Gasteiger partial charge in [0.1, 0.15) is 0 Å². The summed E-state index contributed by atoms with van der Waals surface area (Å²) < 4.78 is 1.84. The molecule has 1 N–H and O–H groups in total. The van der Waals surface area contributed by atoms with Crippen LogP contribution >= 0.6 is 0 Å². The van der Waals surface area contributed by atoms with E-state index in [0.29, 0.717) is 12.8 Å². The van der Waals surface area contributed by atoms with E-state index < -0.39 is 0 Å². The van der Waals surface area contributed by atoms with Gasteiger partial charge in [0, 0.05) is 18.3 Å². The zero-order chi connectivity index (χ0) is 17.1. The molecule has 2 aromatic carbocycles. The van der Waals surface area contributed by atoms with Crippen molar-refractivity contribution in [2.24, 2.45) is 0 Å². The summed E-state index contributed by atoms with van der Waals surface area (Å²) in [5, 5.41) is 7.39. The molecule has 1 aliphatic rings. The van der Waals surface area contributed by atoms with E-state index in [-0.39, 0.29) is 5.91 Å². The standard InChI is InChI=1S/C21H21N3O/c25-21(23-19-11-10-17-5-4-6-18(17)13-19)12-9-16-14-22-24(15-16)20-7-2-1-3-8-20/h1-3,7-8,10-11,13-15H,4-6,9,12H2,(H,23,25). The molecule has 0 atom stereocenters. The molecule has 4 heteroatoms. The van der Waals surface area contributed by atoms with E-state index in [1.165, 1.54) is 17.5 Å². The van der Waals surface area contributed by atoms with Crippen LogP contribution in [0.1, 0.15) is 29.5 Å². The van der Waals surface area contributed by atoms with Crippen LogP contribution in [0.4, 0.5) is 5.69 Å². The lowest BCUT2D eigenvalue weighted by molar-refractivity contribution is -0.116. The fourth-order valence-electron chi connectivity index (χ4n) is 3.34. The third kappa shape index (κ3) is 3.63. The first kappa shape index (κ1) is 15.6. The topological polar surface area (TPSA) is 46.9 Å². The second-order valence-electron chi connectivity index (χ2n) is 6.51. The number of anilines is 1. The number of carbonyl (C=O) groups is 1. The molecule has 126 valence electrons. The fraction of sp³-hybridized carbons (Fsp3) is 0.238. The maximum atomic E-state index is 12.2. The lowest BCUT2D eigenvalue weighted by Crippen LogP contribution is -2.12. The Labute approximate surface area is 147 Å². The van der Waals surface area contributed by atoms with Gasteiger partial charge in [-0.15, -0.1) is 0 Å². The normalized spacial score (nSPS) is 12.8. The number of hydrogen-bond acceptors (Lipinski definition) is 2.